The molecule has 0 radical (unpaired) electrons. The molecule has 0 saturated heterocycles. The number of nitrogens with two attached hydrogens (primary N) is 1. The Kier molecular flexibility index (Phi) is 1.46. The summed E-state index contributed by atoms with van der Waals surface area (Å²) in [6, 6.07) is 3.49. The van der Waals surface area contributed by atoms with E-state index in [1.807, 2.05) is 0 Å². The third-order valence-electron chi connectivity index (χ3n) is 1.73. The molecule has 0 aromatic heterocycles. The molecule has 2 rings (SSSR count). The Hall–Kier alpha value is -1.58. The molecule has 0 amide bonds. The van der Waals surface area contributed by atoms with E-state index in [2.05, 4.69) is 0 Å². The standard InChI is InChI=1S/C8H9NO3/c1-10-7-5(9)2-3-6-8(7)12-4-11-6/h2-3H,4,9H2,1H3. The highest BCUT2D eigenvalue weighted by Crippen LogP contribution is 2.44. The molecule has 0 aliphatic carbocycles. The van der Waals surface area contributed by atoms with Gasteiger partial charge in [0.05, 0.1) is 12.8 Å². The monoisotopic (exact) mass is 167 g/mol. The van der Waals surface area contributed by atoms with Gasteiger partial charge in [0.2, 0.25) is 12.5 Å². The van der Waals surface area contributed by atoms with Gasteiger partial charge in [-0.15, -0.1) is 0 Å². The van der Waals surface area contributed by atoms with Crippen LogP contribution in [0.3, 0.4) is 0 Å². The van der Waals surface area contributed by atoms with Gasteiger partial charge in [-0.05, 0) is 12.1 Å². The molecule has 1 aliphatic rings. The van der Waals surface area contributed by atoms with Gasteiger partial charge in [0.1, 0.15) is 0 Å². The molecule has 0 saturated carbocycles. The van der Waals surface area contributed by atoms with E-state index in [0.717, 1.165) is 0 Å². The van der Waals surface area contributed by atoms with Crippen molar-refractivity contribution in [2.75, 3.05) is 19.6 Å². The quantitative estimate of drug-likeness (QED) is 0.634. The molecule has 0 bridgehead atoms. The van der Waals surface area contributed by atoms with Crippen molar-refractivity contribution in [1.29, 1.82) is 0 Å². The predicted octanol–water partition coefficient (Wildman–Crippen LogP) is 1.01. The number of hydrogen-bond donors (Lipinski definition) is 1. The molecule has 1 aromatic rings. The lowest BCUT2D eigenvalue weighted by atomic mass is 10.2. The average molecular weight is 167 g/mol. The minimum absolute atomic E-state index is 0.231. The Morgan fingerprint density at radius 1 is 1.42 bits per heavy atom. The van der Waals surface area contributed by atoms with Crippen molar-refractivity contribution < 1.29 is 14.2 Å². The fraction of sp³-hybridized carbons (Fsp3) is 0.250. The van der Waals surface area contributed by atoms with Crippen LogP contribution in [0.25, 0.3) is 0 Å². The van der Waals surface area contributed by atoms with Crippen LogP contribution >= 0.6 is 0 Å². The summed E-state index contributed by atoms with van der Waals surface area (Å²) in [5.41, 5.74) is 6.20. The van der Waals surface area contributed by atoms with Gasteiger partial charge in [-0.1, -0.05) is 0 Å². The number of fused-ring (bicyclic) bond motifs is 1. The second-order valence-corrected chi connectivity index (χ2v) is 2.42. The maximum absolute atomic E-state index is 5.64. The molecule has 0 unspecified atom stereocenters. The minimum Gasteiger partial charge on any atom is -0.491 e. The maximum Gasteiger partial charge on any atom is 0.231 e. The molecule has 64 valence electrons. The smallest absolute Gasteiger partial charge is 0.231 e. The van der Waals surface area contributed by atoms with Crippen molar-refractivity contribution in [3.05, 3.63) is 12.1 Å². The Morgan fingerprint density at radius 3 is 3.00 bits per heavy atom. The molecule has 1 heterocycles. The highest BCUT2D eigenvalue weighted by Gasteiger charge is 2.20. The Bertz CT molecular complexity index is 311. The van der Waals surface area contributed by atoms with Gasteiger partial charge in [-0.2, -0.15) is 0 Å². The largest absolute Gasteiger partial charge is 0.491 e. The Morgan fingerprint density at radius 2 is 2.25 bits per heavy atom. The van der Waals surface area contributed by atoms with Crippen molar-refractivity contribution in [2.45, 2.75) is 0 Å². The van der Waals surface area contributed by atoms with Crippen LogP contribution in [-0.4, -0.2) is 13.9 Å². The number of rotatable bonds is 1. The van der Waals surface area contributed by atoms with Crippen LogP contribution < -0.4 is 19.9 Å². The fourth-order valence-corrected chi connectivity index (χ4v) is 1.17. The molecule has 1 aliphatic heterocycles. The van der Waals surface area contributed by atoms with E-state index in [1.54, 1.807) is 19.2 Å². The first-order chi connectivity index (χ1) is 5.83. The molecule has 1 aromatic carbocycles. The van der Waals surface area contributed by atoms with Crippen molar-refractivity contribution in [3.8, 4) is 17.2 Å². The third-order valence-corrected chi connectivity index (χ3v) is 1.73. The van der Waals surface area contributed by atoms with Gasteiger partial charge < -0.3 is 19.9 Å². The van der Waals surface area contributed by atoms with Crippen LogP contribution in [0.15, 0.2) is 12.1 Å². The second-order valence-electron chi connectivity index (χ2n) is 2.42. The van der Waals surface area contributed by atoms with E-state index in [4.69, 9.17) is 19.9 Å². The first kappa shape index (κ1) is 7.09. The number of benzene rings is 1. The van der Waals surface area contributed by atoms with Gasteiger partial charge in [-0.25, -0.2) is 0 Å². The lowest BCUT2D eigenvalue weighted by Crippen LogP contribution is -1.95. The summed E-state index contributed by atoms with van der Waals surface area (Å²) in [4.78, 5) is 0. The molecule has 12 heavy (non-hydrogen) atoms. The molecule has 0 fully saturated rings. The van der Waals surface area contributed by atoms with Gasteiger partial charge in [-0.3, -0.25) is 0 Å². The summed E-state index contributed by atoms with van der Waals surface area (Å²) in [5, 5.41) is 0. The third kappa shape index (κ3) is 0.845. The van der Waals surface area contributed by atoms with Crippen molar-refractivity contribution in [3.63, 3.8) is 0 Å². The van der Waals surface area contributed by atoms with Crippen molar-refractivity contribution >= 4 is 5.69 Å². The van der Waals surface area contributed by atoms with Crippen LogP contribution in [0.1, 0.15) is 0 Å². The summed E-state index contributed by atoms with van der Waals surface area (Å²) in [6.07, 6.45) is 0. The van der Waals surface area contributed by atoms with E-state index in [-0.39, 0.29) is 6.79 Å². The van der Waals surface area contributed by atoms with E-state index in [0.29, 0.717) is 22.9 Å². The van der Waals surface area contributed by atoms with E-state index in [1.165, 1.54) is 0 Å². The summed E-state index contributed by atoms with van der Waals surface area (Å²) in [6.45, 7) is 0.231. The van der Waals surface area contributed by atoms with Crippen LogP contribution in [0.4, 0.5) is 5.69 Å². The van der Waals surface area contributed by atoms with Crippen LogP contribution in [0, 0.1) is 0 Å². The van der Waals surface area contributed by atoms with Crippen LogP contribution in [0.5, 0.6) is 17.2 Å². The Balaban J connectivity index is 2.57. The first-order valence-corrected chi connectivity index (χ1v) is 3.55. The van der Waals surface area contributed by atoms with Crippen LogP contribution in [0.2, 0.25) is 0 Å². The molecule has 0 spiro atoms. The van der Waals surface area contributed by atoms with E-state index < -0.39 is 0 Å². The zero-order chi connectivity index (χ0) is 8.55. The van der Waals surface area contributed by atoms with Crippen LogP contribution in [-0.2, 0) is 0 Å². The SMILES string of the molecule is COc1c(N)ccc2c1OCO2. The normalized spacial score (nSPS) is 13.1. The lowest BCUT2D eigenvalue weighted by Gasteiger charge is -2.06. The number of anilines is 1. The number of ether oxygens (including phenoxy) is 3. The van der Waals surface area contributed by atoms with Crippen molar-refractivity contribution in [2.24, 2.45) is 0 Å². The minimum atomic E-state index is 0.231. The molecule has 4 nitrogen and oxygen atoms in total. The topological polar surface area (TPSA) is 53.7 Å². The highest BCUT2D eigenvalue weighted by molar-refractivity contribution is 5.66. The first-order valence-electron chi connectivity index (χ1n) is 3.55. The zero-order valence-corrected chi connectivity index (χ0v) is 6.66. The molecule has 2 N–H and O–H groups in total. The Labute approximate surface area is 69.8 Å². The van der Waals surface area contributed by atoms with Crippen molar-refractivity contribution in [1.82, 2.24) is 0 Å². The second kappa shape index (κ2) is 2.48. The average Bonchev–Trinajstić information content (AvgIpc) is 2.52. The maximum atomic E-state index is 5.64. The van der Waals surface area contributed by atoms with E-state index >= 15 is 0 Å². The van der Waals surface area contributed by atoms with Gasteiger partial charge in [0.25, 0.3) is 0 Å². The fourth-order valence-electron chi connectivity index (χ4n) is 1.17. The molecule has 0 atom stereocenters. The molecular formula is C8H9NO3. The number of hydrogen-bond acceptors (Lipinski definition) is 4. The summed E-state index contributed by atoms with van der Waals surface area (Å²) in [7, 11) is 1.55. The van der Waals surface area contributed by atoms with E-state index in [9.17, 15) is 0 Å². The van der Waals surface area contributed by atoms with Gasteiger partial charge >= 0.3 is 0 Å². The lowest BCUT2D eigenvalue weighted by molar-refractivity contribution is 0.171. The molecular weight excluding hydrogens is 158 g/mol. The summed E-state index contributed by atoms with van der Waals surface area (Å²) >= 11 is 0. The summed E-state index contributed by atoms with van der Waals surface area (Å²) in [5.74, 6) is 1.82. The number of nitrogen functional groups attached to an aromatic ring is 1. The van der Waals surface area contributed by atoms with Gasteiger partial charge in [0.15, 0.2) is 11.5 Å². The number of methoxy groups -OCH3 is 1. The highest BCUT2D eigenvalue weighted by atomic mass is 16.7. The molecule has 4 heteroatoms. The summed E-state index contributed by atoms with van der Waals surface area (Å²) < 4.78 is 15.4. The van der Waals surface area contributed by atoms with Gasteiger partial charge in [0, 0.05) is 0 Å². The zero-order valence-electron chi connectivity index (χ0n) is 6.66. The predicted molar refractivity (Wildman–Crippen MR) is 43.5 cm³/mol.